The van der Waals surface area contributed by atoms with Crippen LogP contribution < -0.4 is 5.32 Å². The largest absolute Gasteiger partial charge is 0.388 e. The summed E-state index contributed by atoms with van der Waals surface area (Å²) in [5.74, 6) is 0. The van der Waals surface area contributed by atoms with E-state index in [1.807, 2.05) is 7.05 Å². The standard InChI is InChI=1S/C14H20ClN/c1-6-11-8-13(15)12(7-2)14(9(11)3)10(4)16-5/h8,16H,4,6-7H2,1-3,5H3. The van der Waals surface area contributed by atoms with Crippen LogP contribution in [0, 0.1) is 6.92 Å². The molecule has 0 aliphatic carbocycles. The van der Waals surface area contributed by atoms with Crippen LogP contribution in [0.2, 0.25) is 5.02 Å². The van der Waals surface area contributed by atoms with Crippen molar-refractivity contribution in [2.75, 3.05) is 7.05 Å². The van der Waals surface area contributed by atoms with Gasteiger partial charge in [0, 0.05) is 23.3 Å². The van der Waals surface area contributed by atoms with Gasteiger partial charge in [-0.15, -0.1) is 0 Å². The summed E-state index contributed by atoms with van der Waals surface area (Å²) in [6.07, 6.45) is 1.93. The fourth-order valence-electron chi connectivity index (χ4n) is 2.10. The van der Waals surface area contributed by atoms with E-state index in [1.54, 1.807) is 0 Å². The molecule has 0 bridgehead atoms. The zero-order valence-electron chi connectivity index (χ0n) is 10.6. The van der Waals surface area contributed by atoms with E-state index in [0.29, 0.717) is 0 Å². The Morgan fingerprint density at radius 3 is 2.44 bits per heavy atom. The van der Waals surface area contributed by atoms with Gasteiger partial charge in [-0.25, -0.2) is 0 Å². The number of halogens is 1. The molecule has 0 saturated carbocycles. The van der Waals surface area contributed by atoms with Crippen molar-refractivity contribution in [3.05, 3.63) is 39.9 Å². The van der Waals surface area contributed by atoms with Crippen LogP contribution in [0.15, 0.2) is 12.6 Å². The first-order valence-electron chi connectivity index (χ1n) is 5.74. The quantitative estimate of drug-likeness (QED) is 0.836. The second-order valence-electron chi connectivity index (χ2n) is 3.93. The third kappa shape index (κ3) is 2.25. The number of hydrogen-bond acceptors (Lipinski definition) is 1. The van der Waals surface area contributed by atoms with Crippen LogP contribution in [0.1, 0.15) is 36.1 Å². The van der Waals surface area contributed by atoms with E-state index >= 15 is 0 Å². The normalized spacial score (nSPS) is 10.3. The minimum Gasteiger partial charge on any atom is -0.388 e. The molecule has 0 heterocycles. The summed E-state index contributed by atoms with van der Waals surface area (Å²) >= 11 is 6.32. The van der Waals surface area contributed by atoms with Gasteiger partial charge >= 0.3 is 0 Å². The molecule has 0 spiro atoms. The zero-order valence-corrected chi connectivity index (χ0v) is 11.3. The van der Waals surface area contributed by atoms with Gasteiger partial charge in [0.2, 0.25) is 0 Å². The Labute approximate surface area is 104 Å². The maximum absolute atomic E-state index is 6.32. The highest BCUT2D eigenvalue weighted by Gasteiger charge is 2.14. The first kappa shape index (κ1) is 13.1. The van der Waals surface area contributed by atoms with Crippen molar-refractivity contribution in [2.24, 2.45) is 0 Å². The molecule has 0 atom stereocenters. The molecule has 0 fully saturated rings. The van der Waals surface area contributed by atoms with E-state index in [1.165, 1.54) is 22.3 Å². The van der Waals surface area contributed by atoms with Gasteiger partial charge in [-0.2, -0.15) is 0 Å². The molecule has 1 aromatic carbocycles. The van der Waals surface area contributed by atoms with Crippen molar-refractivity contribution in [1.29, 1.82) is 0 Å². The maximum atomic E-state index is 6.32. The predicted molar refractivity (Wildman–Crippen MR) is 73.0 cm³/mol. The van der Waals surface area contributed by atoms with Gasteiger partial charge < -0.3 is 5.32 Å². The molecular weight excluding hydrogens is 218 g/mol. The van der Waals surface area contributed by atoms with E-state index in [4.69, 9.17) is 11.6 Å². The molecule has 1 rings (SSSR count). The lowest BCUT2D eigenvalue weighted by Crippen LogP contribution is -2.09. The molecule has 2 heteroatoms. The van der Waals surface area contributed by atoms with E-state index < -0.39 is 0 Å². The average molecular weight is 238 g/mol. The van der Waals surface area contributed by atoms with Crippen molar-refractivity contribution in [2.45, 2.75) is 33.6 Å². The first-order chi connectivity index (χ1) is 7.56. The molecule has 0 saturated heterocycles. The molecule has 16 heavy (non-hydrogen) atoms. The Hall–Kier alpha value is -0.950. The van der Waals surface area contributed by atoms with Crippen LogP contribution in [0.5, 0.6) is 0 Å². The van der Waals surface area contributed by atoms with Gasteiger partial charge in [-0.3, -0.25) is 0 Å². The number of benzene rings is 1. The fraction of sp³-hybridized carbons (Fsp3) is 0.429. The lowest BCUT2D eigenvalue weighted by Gasteiger charge is -2.18. The van der Waals surface area contributed by atoms with Gasteiger partial charge in [0.1, 0.15) is 0 Å². The van der Waals surface area contributed by atoms with Gasteiger partial charge in [-0.05, 0) is 42.5 Å². The van der Waals surface area contributed by atoms with Crippen LogP contribution >= 0.6 is 11.6 Å². The van der Waals surface area contributed by atoms with E-state index in [-0.39, 0.29) is 0 Å². The highest BCUT2D eigenvalue weighted by Crippen LogP contribution is 2.30. The summed E-state index contributed by atoms with van der Waals surface area (Å²) in [5, 5.41) is 3.98. The van der Waals surface area contributed by atoms with Crippen LogP contribution in [0.25, 0.3) is 5.70 Å². The average Bonchev–Trinajstić information content (AvgIpc) is 2.29. The second-order valence-corrected chi connectivity index (χ2v) is 4.34. The third-order valence-electron chi connectivity index (χ3n) is 3.09. The molecular formula is C14H20ClN. The van der Waals surface area contributed by atoms with Crippen LogP contribution in [-0.4, -0.2) is 7.05 Å². The summed E-state index contributed by atoms with van der Waals surface area (Å²) in [7, 11) is 1.90. The number of nitrogens with one attached hydrogen (secondary N) is 1. The molecule has 0 amide bonds. The molecule has 0 aliphatic rings. The molecule has 1 aromatic rings. The third-order valence-corrected chi connectivity index (χ3v) is 3.42. The van der Waals surface area contributed by atoms with Crippen molar-refractivity contribution in [3.8, 4) is 0 Å². The summed E-state index contributed by atoms with van der Waals surface area (Å²) in [6.45, 7) is 10.5. The lowest BCUT2D eigenvalue weighted by molar-refractivity contribution is 1.04. The SMILES string of the molecule is C=C(NC)c1c(C)c(CC)cc(Cl)c1CC. The fourth-order valence-corrected chi connectivity index (χ4v) is 2.46. The van der Waals surface area contributed by atoms with Gasteiger partial charge in [0.05, 0.1) is 0 Å². The number of rotatable bonds is 4. The minimum absolute atomic E-state index is 0.858. The number of aryl methyl sites for hydroxylation is 1. The maximum Gasteiger partial charge on any atom is 0.0447 e. The summed E-state index contributed by atoms with van der Waals surface area (Å²) < 4.78 is 0. The Morgan fingerprint density at radius 1 is 1.38 bits per heavy atom. The Kier molecular flexibility index (Phi) is 4.43. The van der Waals surface area contributed by atoms with Gasteiger partial charge in [-0.1, -0.05) is 32.0 Å². The van der Waals surface area contributed by atoms with Crippen molar-refractivity contribution in [1.82, 2.24) is 5.32 Å². The molecule has 0 aliphatic heterocycles. The van der Waals surface area contributed by atoms with Crippen LogP contribution in [0.3, 0.4) is 0 Å². The molecule has 1 nitrogen and oxygen atoms in total. The smallest absolute Gasteiger partial charge is 0.0447 e. The van der Waals surface area contributed by atoms with Crippen molar-refractivity contribution < 1.29 is 0 Å². The van der Waals surface area contributed by atoms with Gasteiger partial charge in [0.15, 0.2) is 0 Å². The minimum atomic E-state index is 0.858. The first-order valence-corrected chi connectivity index (χ1v) is 6.12. The monoisotopic (exact) mass is 237 g/mol. The Balaban J connectivity index is 3.51. The topological polar surface area (TPSA) is 12.0 Å². The highest BCUT2D eigenvalue weighted by atomic mass is 35.5. The molecule has 0 aromatic heterocycles. The molecule has 0 unspecified atom stereocenters. The molecule has 0 radical (unpaired) electrons. The van der Waals surface area contributed by atoms with Crippen molar-refractivity contribution in [3.63, 3.8) is 0 Å². The lowest BCUT2D eigenvalue weighted by atomic mass is 9.92. The van der Waals surface area contributed by atoms with E-state index in [9.17, 15) is 0 Å². The Bertz CT molecular complexity index is 408. The molecule has 88 valence electrons. The molecule has 1 N–H and O–H groups in total. The Morgan fingerprint density at radius 2 is 2.00 bits per heavy atom. The predicted octanol–water partition coefficient (Wildman–Crippen LogP) is 3.96. The van der Waals surface area contributed by atoms with E-state index in [2.05, 4.69) is 38.7 Å². The summed E-state index contributed by atoms with van der Waals surface area (Å²) in [4.78, 5) is 0. The summed E-state index contributed by atoms with van der Waals surface area (Å²) in [6, 6.07) is 2.09. The summed E-state index contributed by atoms with van der Waals surface area (Å²) in [5.41, 5.74) is 5.92. The van der Waals surface area contributed by atoms with Crippen LogP contribution in [0.4, 0.5) is 0 Å². The van der Waals surface area contributed by atoms with Gasteiger partial charge in [0.25, 0.3) is 0 Å². The zero-order chi connectivity index (χ0) is 12.3. The van der Waals surface area contributed by atoms with Crippen LogP contribution in [-0.2, 0) is 12.8 Å². The van der Waals surface area contributed by atoms with Crippen molar-refractivity contribution >= 4 is 17.3 Å². The number of hydrogen-bond donors (Lipinski definition) is 1. The second kappa shape index (κ2) is 5.40. The van der Waals surface area contributed by atoms with E-state index in [0.717, 1.165) is 23.6 Å². The highest BCUT2D eigenvalue weighted by molar-refractivity contribution is 6.31.